The zero-order valence-corrected chi connectivity index (χ0v) is 11.7. The number of rotatable bonds is 3. The monoisotopic (exact) mass is 274 g/mol. The van der Waals surface area contributed by atoms with Gasteiger partial charge in [0.2, 0.25) is 5.91 Å². The van der Waals surface area contributed by atoms with E-state index in [4.69, 9.17) is 5.73 Å². The summed E-state index contributed by atoms with van der Waals surface area (Å²) in [4.78, 5) is 18.9. The Kier molecular flexibility index (Phi) is 3.87. The van der Waals surface area contributed by atoms with Gasteiger partial charge in [-0.05, 0) is 37.8 Å². The van der Waals surface area contributed by atoms with Crippen LogP contribution in [0.1, 0.15) is 32.1 Å². The highest BCUT2D eigenvalue weighted by Crippen LogP contribution is 2.25. The van der Waals surface area contributed by atoms with Crippen LogP contribution in [0.3, 0.4) is 0 Å². The molecule has 2 heterocycles. The molecule has 3 rings (SSSR count). The van der Waals surface area contributed by atoms with Gasteiger partial charge in [0.25, 0.3) is 0 Å². The maximum absolute atomic E-state index is 12.1. The third kappa shape index (κ3) is 2.77. The smallest absolute Gasteiger partial charge is 0.229 e. The van der Waals surface area contributed by atoms with E-state index in [0.717, 1.165) is 43.9 Å². The van der Waals surface area contributed by atoms with E-state index in [1.165, 1.54) is 12.8 Å². The minimum absolute atomic E-state index is 0.00633. The molecule has 1 amide bonds. The molecule has 0 bridgehead atoms. The van der Waals surface area contributed by atoms with E-state index in [9.17, 15) is 4.79 Å². The van der Waals surface area contributed by atoms with E-state index in [2.05, 4.69) is 15.2 Å². The molecule has 2 fully saturated rings. The molecule has 1 aromatic rings. The molecule has 108 valence electrons. The van der Waals surface area contributed by atoms with Gasteiger partial charge >= 0.3 is 0 Å². The number of carbonyl (C=O) groups excluding carboxylic acids is 1. The standard InChI is InChI=1S/C15H22N4O/c16-13-5-3-4-12(13)15(20)18-11-6-7-14(17-10-11)19-8-1-2-9-19/h6-7,10,12-13H,1-5,8-9,16H2,(H,18,20). The van der Waals surface area contributed by atoms with Gasteiger partial charge in [0, 0.05) is 19.1 Å². The number of pyridine rings is 1. The van der Waals surface area contributed by atoms with Gasteiger partial charge in [-0.3, -0.25) is 4.79 Å². The zero-order chi connectivity index (χ0) is 13.9. The predicted molar refractivity (Wildman–Crippen MR) is 79.6 cm³/mol. The lowest BCUT2D eigenvalue weighted by atomic mass is 10.0. The Labute approximate surface area is 119 Å². The number of anilines is 2. The minimum atomic E-state index is -0.0479. The SMILES string of the molecule is NC1CCCC1C(=O)Nc1ccc(N2CCCC2)nc1. The Bertz CT molecular complexity index is 467. The van der Waals surface area contributed by atoms with Gasteiger partial charge in [-0.25, -0.2) is 4.98 Å². The van der Waals surface area contributed by atoms with Crippen molar-refractivity contribution < 1.29 is 4.79 Å². The van der Waals surface area contributed by atoms with Crippen molar-refractivity contribution in [2.45, 2.75) is 38.1 Å². The molecule has 0 radical (unpaired) electrons. The van der Waals surface area contributed by atoms with Gasteiger partial charge in [0.05, 0.1) is 17.8 Å². The van der Waals surface area contributed by atoms with Crippen LogP contribution < -0.4 is 16.0 Å². The predicted octanol–water partition coefficient (Wildman–Crippen LogP) is 1.75. The Morgan fingerprint density at radius 1 is 1.25 bits per heavy atom. The van der Waals surface area contributed by atoms with Crippen molar-refractivity contribution in [3.8, 4) is 0 Å². The zero-order valence-electron chi connectivity index (χ0n) is 11.7. The third-order valence-corrected chi connectivity index (χ3v) is 4.35. The summed E-state index contributed by atoms with van der Waals surface area (Å²) < 4.78 is 0. The lowest BCUT2D eigenvalue weighted by Crippen LogP contribution is -2.34. The van der Waals surface area contributed by atoms with Crippen LogP contribution in [0.5, 0.6) is 0 Å². The first-order valence-corrected chi connectivity index (χ1v) is 7.51. The molecule has 1 aromatic heterocycles. The fourth-order valence-corrected chi connectivity index (χ4v) is 3.14. The summed E-state index contributed by atoms with van der Waals surface area (Å²) in [7, 11) is 0. The van der Waals surface area contributed by atoms with E-state index in [-0.39, 0.29) is 17.9 Å². The Balaban J connectivity index is 1.61. The number of nitrogens with one attached hydrogen (secondary N) is 1. The molecule has 1 saturated carbocycles. The molecule has 3 N–H and O–H groups in total. The van der Waals surface area contributed by atoms with Crippen molar-refractivity contribution in [2.24, 2.45) is 11.7 Å². The van der Waals surface area contributed by atoms with E-state index in [1.807, 2.05) is 12.1 Å². The quantitative estimate of drug-likeness (QED) is 0.881. The average molecular weight is 274 g/mol. The van der Waals surface area contributed by atoms with E-state index >= 15 is 0 Å². The van der Waals surface area contributed by atoms with Gasteiger partial charge in [0.1, 0.15) is 5.82 Å². The number of amides is 1. The Morgan fingerprint density at radius 2 is 2.05 bits per heavy atom. The van der Waals surface area contributed by atoms with Gasteiger partial charge in [-0.2, -0.15) is 0 Å². The van der Waals surface area contributed by atoms with Crippen molar-refractivity contribution in [1.29, 1.82) is 0 Å². The summed E-state index contributed by atoms with van der Waals surface area (Å²) in [6.45, 7) is 2.16. The van der Waals surface area contributed by atoms with Crippen LogP contribution in [0.2, 0.25) is 0 Å². The van der Waals surface area contributed by atoms with Gasteiger partial charge < -0.3 is 16.0 Å². The second-order valence-corrected chi connectivity index (χ2v) is 5.79. The molecule has 20 heavy (non-hydrogen) atoms. The topological polar surface area (TPSA) is 71.2 Å². The van der Waals surface area contributed by atoms with Crippen molar-refractivity contribution in [2.75, 3.05) is 23.3 Å². The molecule has 2 atom stereocenters. The summed E-state index contributed by atoms with van der Waals surface area (Å²) in [6, 6.07) is 3.92. The molecule has 0 spiro atoms. The molecule has 1 aliphatic carbocycles. The van der Waals surface area contributed by atoms with Gasteiger partial charge in [-0.1, -0.05) is 6.42 Å². The maximum atomic E-state index is 12.1. The lowest BCUT2D eigenvalue weighted by molar-refractivity contribution is -0.120. The molecule has 1 aliphatic heterocycles. The Hall–Kier alpha value is -1.62. The van der Waals surface area contributed by atoms with E-state index in [0.29, 0.717) is 0 Å². The lowest BCUT2D eigenvalue weighted by Gasteiger charge is -2.17. The average Bonchev–Trinajstić information content (AvgIpc) is 3.10. The number of nitrogens with zero attached hydrogens (tertiary/aromatic N) is 2. The van der Waals surface area contributed by atoms with Crippen LogP contribution in [0.15, 0.2) is 18.3 Å². The maximum Gasteiger partial charge on any atom is 0.229 e. The van der Waals surface area contributed by atoms with Crippen LogP contribution in [0.4, 0.5) is 11.5 Å². The largest absolute Gasteiger partial charge is 0.357 e. The third-order valence-electron chi connectivity index (χ3n) is 4.35. The molecule has 2 aliphatic rings. The molecular formula is C15H22N4O. The van der Waals surface area contributed by atoms with Crippen LogP contribution in [0.25, 0.3) is 0 Å². The first-order valence-electron chi connectivity index (χ1n) is 7.51. The second kappa shape index (κ2) is 5.79. The number of carbonyl (C=O) groups is 1. The Morgan fingerprint density at radius 3 is 2.65 bits per heavy atom. The fourth-order valence-electron chi connectivity index (χ4n) is 3.14. The number of nitrogens with two attached hydrogens (primary N) is 1. The molecule has 0 aromatic carbocycles. The van der Waals surface area contributed by atoms with Crippen molar-refractivity contribution >= 4 is 17.4 Å². The van der Waals surface area contributed by atoms with Crippen molar-refractivity contribution in [3.05, 3.63) is 18.3 Å². The van der Waals surface area contributed by atoms with Crippen LogP contribution >= 0.6 is 0 Å². The second-order valence-electron chi connectivity index (χ2n) is 5.79. The van der Waals surface area contributed by atoms with Crippen molar-refractivity contribution in [3.63, 3.8) is 0 Å². The highest BCUT2D eigenvalue weighted by Gasteiger charge is 2.30. The van der Waals surface area contributed by atoms with E-state index in [1.54, 1.807) is 6.20 Å². The summed E-state index contributed by atoms with van der Waals surface area (Å²) in [5.74, 6) is 0.983. The van der Waals surface area contributed by atoms with E-state index < -0.39 is 0 Å². The summed E-state index contributed by atoms with van der Waals surface area (Å²) in [5.41, 5.74) is 6.72. The highest BCUT2D eigenvalue weighted by atomic mass is 16.1. The molecular weight excluding hydrogens is 252 g/mol. The normalized spacial score (nSPS) is 25.9. The fraction of sp³-hybridized carbons (Fsp3) is 0.600. The summed E-state index contributed by atoms with van der Waals surface area (Å²) >= 11 is 0. The van der Waals surface area contributed by atoms with Crippen LogP contribution in [0, 0.1) is 5.92 Å². The van der Waals surface area contributed by atoms with Gasteiger partial charge in [0.15, 0.2) is 0 Å². The number of hydrogen-bond acceptors (Lipinski definition) is 4. The molecule has 1 saturated heterocycles. The highest BCUT2D eigenvalue weighted by molar-refractivity contribution is 5.93. The van der Waals surface area contributed by atoms with Crippen LogP contribution in [-0.4, -0.2) is 30.0 Å². The first-order chi connectivity index (χ1) is 9.74. The van der Waals surface area contributed by atoms with Crippen LogP contribution in [-0.2, 0) is 4.79 Å². The summed E-state index contributed by atoms with van der Waals surface area (Å²) in [6.07, 6.45) is 7.10. The first kappa shape index (κ1) is 13.4. The number of hydrogen-bond donors (Lipinski definition) is 2. The molecule has 2 unspecified atom stereocenters. The summed E-state index contributed by atoms with van der Waals surface area (Å²) in [5, 5.41) is 2.93. The minimum Gasteiger partial charge on any atom is -0.357 e. The van der Waals surface area contributed by atoms with Crippen molar-refractivity contribution in [1.82, 2.24) is 4.98 Å². The molecule has 5 nitrogen and oxygen atoms in total. The molecule has 5 heteroatoms. The number of aromatic nitrogens is 1. The van der Waals surface area contributed by atoms with Gasteiger partial charge in [-0.15, -0.1) is 0 Å².